The lowest BCUT2D eigenvalue weighted by atomic mass is 10.1. The fourth-order valence-corrected chi connectivity index (χ4v) is 3.15. The van der Waals surface area contributed by atoms with E-state index in [-0.39, 0.29) is 5.91 Å². The van der Waals surface area contributed by atoms with Crippen molar-refractivity contribution in [1.82, 2.24) is 9.97 Å². The Morgan fingerprint density at radius 1 is 1.08 bits per heavy atom. The second-order valence-corrected chi connectivity index (χ2v) is 6.56. The van der Waals surface area contributed by atoms with Crippen molar-refractivity contribution in [3.8, 4) is 0 Å². The molecule has 1 aliphatic heterocycles. The number of benzene rings is 1. The molecule has 2 heterocycles. The molecule has 0 radical (unpaired) electrons. The van der Waals surface area contributed by atoms with Gasteiger partial charge in [-0.15, -0.1) is 0 Å². The summed E-state index contributed by atoms with van der Waals surface area (Å²) in [5.41, 5.74) is 2.46. The Morgan fingerprint density at radius 2 is 1.76 bits per heavy atom. The van der Waals surface area contributed by atoms with E-state index in [9.17, 15) is 4.79 Å². The Balaban J connectivity index is 1.77. The van der Waals surface area contributed by atoms with Gasteiger partial charge < -0.3 is 10.2 Å². The van der Waals surface area contributed by atoms with Crippen molar-refractivity contribution in [3.63, 3.8) is 0 Å². The highest BCUT2D eigenvalue weighted by atomic mass is 16.1. The number of rotatable bonds is 4. The first-order valence-corrected chi connectivity index (χ1v) is 9.16. The molecule has 0 atom stereocenters. The van der Waals surface area contributed by atoms with Gasteiger partial charge in [-0.3, -0.25) is 4.79 Å². The molecule has 1 N–H and O–H groups in total. The minimum absolute atomic E-state index is 0.189. The van der Waals surface area contributed by atoms with Crippen LogP contribution < -0.4 is 10.2 Å². The van der Waals surface area contributed by atoms with Crippen molar-refractivity contribution in [2.24, 2.45) is 0 Å². The summed E-state index contributed by atoms with van der Waals surface area (Å²) in [5, 5.41) is 2.93. The number of carbonyl (C=O) groups is 1. The van der Waals surface area contributed by atoms with Gasteiger partial charge in [-0.2, -0.15) is 0 Å². The minimum Gasteiger partial charge on any atom is -0.356 e. The van der Waals surface area contributed by atoms with Crippen LogP contribution in [0.1, 0.15) is 54.5 Å². The summed E-state index contributed by atoms with van der Waals surface area (Å²) in [4.78, 5) is 23.8. The van der Waals surface area contributed by atoms with Gasteiger partial charge in [0, 0.05) is 24.8 Å². The van der Waals surface area contributed by atoms with E-state index in [2.05, 4.69) is 27.1 Å². The van der Waals surface area contributed by atoms with E-state index in [4.69, 9.17) is 0 Å². The van der Waals surface area contributed by atoms with Gasteiger partial charge in [0.1, 0.15) is 17.3 Å². The third kappa shape index (κ3) is 4.56. The van der Waals surface area contributed by atoms with E-state index in [0.717, 1.165) is 31.0 Å². The molecule has 1 amide bonds. The van der Waals surface area contributed by atoms with Gasteiger partial charge in [-0.05, 0) is 43.9 Å². The Bertz CT molecular complexity index is 719. The first kappa shape index (κ1) is 17.4. The van der Waals surface area contributed by atoms with Crippen LogP contribution in [0.5, 0.6) is 0 Å². The van der Waals surface area contributed by atoms with Crippen LogP contribution in [0.2, 0.25) is 0 Å². The number of anilines is 2. The van der Waals surface area contributed by atoms with Crippen LogP contribution in [-0.2, 0) is 6.42 Å². The van der Waals surface area contributed by atoms with Gasteiger partial charge in [-0.1, -0.05) is 31.9 Å². The van der Waals surface area contributed by atoms with Crippen molar-refractivity contribution in [1.29, 1.82) is 0 Å². The molecule has 132 valence electrons. The molecule has 0 spiro atoms. The van der Waals surface area contributed by atoms with Gasteiger partial charge in [0.05, 0.1) is 0 Å². The summed E-state index contributed by atoms with van der Waals surface area (Å²) in [7, 11) is 0. The van der Waals surface area contributed by atoms with Crippen LogP contribution in [0.25, 0.3) is 0 Å². The molecule has 0 saturated carbocycles. The molecular weight excluding hydrogens is 312 g/mol. The minimum atomic E-state index is -0.189. The lowest BCUT2D eigenvalue weighted by molar-refractivity contribution is 0.102. The Hall–Kier alpha value is -2.43. The van der Waals surface area contributed by atoms with E-state index in [0.29, 0.717) is 11.5 Å². The topological polar surface area (TPSA) is 58.1 Å². The zero-order chi connectivity index (χ0) is 17.6. The average Bonchev–Trinajstić information content (AvgIpc) is 2.91. The maximum atomic E-state index is 12.6. The molecule has 1 aromatic carbocycles. The number of nitrogens with one attached hydrogen (secondary N) is 1. The summed E-state index contributed by atoms with van der Waals surface area (Å²) in [5.74, 6) is 1.31. The third-order valence-electron chi connectivity index (χ3n) is 4.61. The molecule has 1 aromatic heterocycles. The van der Waals surface area contributed by atoms with Crippen LogP contribution in [0, 0.1) is 6.92 Å². The number of amides is 1. The van der Waals surface area contributed by atoms with Crippen LogP contribution in [-0.4, -0.2) is 29.0 Å². The molecular formula is C20H26N4O. The summed E-state index contributed by atoms with van der Waals surface area (Å²) < 4.78 is 0. The number of hydrogen-bond donors (Lipinski definition) is 1. The van der Waals surface area contributed by atoms with Crippen LogP contribution in [0.3, 0.4) is 0 Å². The number of aromatic nitrogens is 2. The normalized spacial score (nSPS) is 14.9. The number of carbonyl (C=O) groups excluding carboxylic acids is 1. The molecule has 0 unspecified atom stereocenters. The zero-order valence-electron chi connectivity index (χ0n) is 15.1. The van der Waals surface area contributed by atoms with Crippen LogP contribution in [0.15, 0.2) is 30.3 Å². The highest BCUT2D eigenvalue weighted by molar-refractivity contribution is 6.03. The summed E-state index contributed by atoms with van der Waals surface area (Å²) in [6.07, 6.45) is 5.87. The Morgan fingerprint density at radius 3 is 2.40 bits per heavy atom. The van der Waals surface area contributed by atoms with Crippen molar-refractivity contribution < 1.29 is 4.79 Å². The monoisotopic (exact) mass is 338 g/mol. The van der Waals surface area contributed by atoms with Gasteiger partial charge in [0.25, 0.3) is 5.91 Å². The predicted molar refractivity (Wildman–Crippen MR) is 101 cm³/mol. The Kier molecular flexibility index (Phi) is 5.64. The van der Waals surface area contributed by atoms with Crippen LogP contribution >= 0.6 is 0 Å². The standard InChI is InChI=1S/C20H26N4O/c1-3-16-8-10-17(11-9-16)23-20(25)18-14-19(22-15(2)21-18)24-12-6-4-5-7-13-24/h8-11,14H,3-7,12-13H2,1-2H3,(H,23,25). The summed E-state index contributed by atoms with van der Waals surface area (Å²) >= 11 is 0. The smallest absolute Gasteiger partial charge is 0.274 e. The van der Waals surface area contributed by atoms with Gasteiger partial charge in [0.15, 0.2) is 0 Å². The van der Waals surface area contributed by atoms with Gasteiger partial charge >= 0.3 is 0 Å². The maximum Gasteiger partial charge on any atom is 0.274 e. The van der Waals surface area contributed by atoms with E-state index >= 15 is 0 Å². The highest BCUT2D eigenvalue weighted by Crippen LogP contribution is 2.19. The Labute approximate surface area is 149 Å². The second-order valence-electron chi connectivity index (χ2n) is 6.56. The van der Waals surface area contributed by atoms with E-state index < -0.39 is 0 Å². The molecule has 0 bridgehead atoms. The summed E-state index contributed by atoms with van der Waals surface area (Å²) in [6.45, 7) is 5.95. The van der Waals surface area contributed by atoms with E-state index in [1.807, 2.05) is 37.3 Å². The average molecular weight is 338 g/mol. The predicted octanol–water partition coefficient (Wildman–Crippen LogP) is 3.98. The number of aryl methyl sites for hydroxylation is 2. The molecule has 5 heteroatoms. The molecule has 3 rings (SSSR count). The lowest BCUT2D eigenvalue weighted by Crippen LogP contribution is -2.26. The van der Waals surface area contributed by atoms with E-state index in [1.54, 1.807) is 0 Å². The molecule has 2 aromatic rings. The van der Waals surface area contributed by atoms with Crippen molar-refractivity contribution in [3.05, 3.63) is 47.4 Å². The second kappa shape index (κ2) is 8.10. The maximum absolute atomic E-state index is 12.6. The molecule has 5 nitrogen and oxygen atoms in total. The third-order valence-corrected chi connectivity index (χ3v) is 4.61. The van der Waals surface area contributed by atoms with Gasteiger partial charge in [0.2, 0.25) is 0 Å². The van der Waals surface area contributed by atoms with Crippen molar-refractivity contribution >= 4 is 17.4 Å². The van der Waals surface area contributed by atoms with Crippen LogP contribution in [0.4, 0.5) is 11.5 Å². The van der Waals surface area contributed by atoms with Gasteiger partial charge in [-0.25, -0.2) is 9.97 Å². The zero-order valence-corrected chi connectivity index (χ0v) is 15.1. The summed E-state index contributed by atoms with van der Waals surface area (Å²) in [6, 6.07) is 9.74. The first-order chi connectivity index (χ1) is 12.2. The number of hydrogen-bond acceptors (Lipinski definition) is 4. The molecule has 1 saturated heterocycles. The van der Waals surface area contributed by atoms with Crippen molar-refractivity contribution in [2.75, 3.05) is 23.3 Å². The van der Waals surface area contributed by atoms with E-state index in [1.165, 1.54) is 31.2 Å². The fourth-order valence-electron chi connectivity index (χ4n) is 3.15. The van der Waals surface area contributed by atoms with Crippen molar-refractivity contribution in [2.45, 2.75) is 46.0 Å². The molecule has 1 aliphatic rings. The molecule has 0 aliphatic carbocycles. The molecule has 25 heavy (non-hydrogen) atoms. The highest BCUT2D eigenvalue weighted by Gasteiger charge is 2.16. The number of nitrogens with zero attached hydrogens (tertiary/aromatic N) is 3. The first-order valence-electron chi connectivity index (χ1n) is 9.16. The fraction of sp³-hybridized carbons (Fsp3) is 0.450. The lowest BCUT2D eigenvalue weighted by Gasteiger charge is -2.22. The largest absolute Gasteiger partial charge is 0.356 e. The quantitative estimate of drug-likeness (QED) is 0.916. The molecule has 1 fully saturated rings. The SMILES string of the molecule is CCc1ccc(NC(=O)c2cc(N3CCCCCC3)nc(C)n2)cc1.